The molecular formula is C16H20F2N2O5S. The number of halogens is 2. The lowest BCUT2D eigenvalue weighted by Crippen LogP contribution is -2.47. The first-order valence-electron chi connectivity index (χ1n) is 8.32. The molecule has 2 saturated heterocycles. The average Bonchev–Trinajstić information content (AvgIpc) is 3.05. The predicted octanol–water partition coefficient (Wildman–Crippen LogP) is 0.999. The molecule has 1 spiro atoms. The Balaban J connectivity index is 1.48. The van der Waals surface area contributed by atoms with Gasteiger partial charge in [-0.25, -0.2) is 21.9 Å². The molecule has 1 aromatic rings. The van der Waals surface area contributed by atoms with E-state index in [9.17, 15) is 22.0 Å². The van der Waals surface area contributed by atoms with Crippen LogP contribution >= 0.6 is 0 Å². The van der Waals surface area contributed by atoms with Crippen LogP contribution in [0.4, 0.5) is 8.78 Å². The summed E-state index contributed by atoms with van der Waals surface area (Å²) in [5.41, 5.74) is 0. The second-order valence-electron chi connectivity index (χ2n) is 6.21. The first-order chi connectivity index (χ1) is 12.3. The third kappa shape index (κ3) is 4.20. The van der Waals surface area contributed by atoms with Crippen LogP contribution in [0.5, 0.6) is 0 Å². The molecule has 0 aromatic heterocycles. The number of likely N-dealkylation sites (tertiary alicyclic amines) is 1. The van der Waals surface area contributed by atoms with Gasteiger partial charge >= 0.3 is 0 Å². The van der Waals surface area contributed by atoms with Crippen LogP contribution in [0.15, 0.2) is 23.1 Å². The first-order valence-corrected chi connectivity index (χ1v) is 9.80. The molecule has 0 radical (unpaired) electrons. The van der Waals surface area contributed by atoms with E-state index in [0.29, 0.717) is 45.2 Å². The highest BCUT2D eigenvalue weighted by atomic mass is 32.2. The highest BCUT2D eigenvalue weighted by Gasteiger charge is 2.40. The van der Waals surface area contributed by atoms with Crippen molar-refractivity contribution in [1.29, 1.82) is 0 Å². The van der Waals surface area contributed by atoms with Crippen molar-refractivity contribution in [2.24, 2.45) is 0 Å². The highest BCUT2D eigenvalue weighted by Crippen LogP contribution is 2.31. The minimum atomic E-state index is -4.01. The summed E-state index contributed by atoms with van der Waals surface area (Å²) in [4.78, 5) is 13.5. The van der Waals surface area contributed by atoms with E-state index in [0.717, 1.165) is 12.1 Å². The zero-order valence-corrected chi connectivity index (χ0v) is 14.9. The maximum absolute atomic E-state index is 13.2. The van der Waals surface area contributed by atoms with Crippen LogP contribution in [-0.2, 0) is 24.3 Å². The van der Waals surface area contributed by atoms with Crippen molar-refractivity contribution in [3.05, 3.63) is 29.8 Å². The zero-order chi connectivity index (χ0) is 18.8. The van der Waals surface area contributed by atoms with Gasteiger partial charge in [-0.1, -0.05) is 0 Å². The van der Waals surface area contributed by atoms with Crippen LogP contribution in [0.25, 0.3) is 0 Å². The van der Waals surface area contributed by atoms with E-state index in [4.69, 9.17) is 9.47 Å². The van der Waals surface area contributed by atoms with E-state index in [-0.39, 0.29) is 23.8 Å². The summed E-state index contributed by atoms with van der Waals surface area (Å²) < 4.78 is 63.6. The van der Waals surface area contributed by atoms with Crippen LogP contribution in [0.1, 0.15) is 19.3 Å². The molecule has 0 unspecified atom stereocenters. The van der Waals surface area contributed by atoms with E-state index < -0.39 is 27.4 Å². The van der Waals surface area contributed by atoms with Crippen molar-refractivity contribution < 1.29 is 31.5 Å². The third-order valence-electron chi connectivity index (χ3n) is 4.52. The Kier molecular flexibility index (Phi) is 5.56. The molecule has 7 nitrogen and oxygen atoms in total. The topological polar surface area (TPSA) is 84.9 Å². The van der Waals surface area contributed by atoms with E-state index >= 15 is 0 Å². The lowest BCUT2D eigenvalue weighted by atomic mass is 10.0. The highest BCUT2D eigenvalue weighted by molar-refractivity contribution is 7.89. The Morgan fingerprint density at radius 2 is 1.81 bits per heavy atom. The maximum atomic E-state index is 13.2. The van der Waals surface area contributed by atoms with Gasteiger partial charge in [0.15, 0.2) is 17.4 Å². The van der Waals surface area contributed by atoms with Crippen molar-refractivity contribution in [3.63, 3.8) is 0 Å². The van der Waals surface area contributed by atoms with E-state index in [2.05, 4.69) is 4.72 Å². The van der Waals surface area contributed by atoms with E-state index in [1.165, 1.54) is 0 Å². The number of nitrogens with one attached hydrogen (secondary N) is 1. The first kappa shape index (κ1) is 19.2. The second-order valence-corrected chi connectivity index (χ2v) is 7.98. The molecule has 0 atom stereocenters. The average molecular weight is 390 g/mol. The molecule has 1 amide bonds. The van der Waals surface area contributed by atoms with Gasteiger partial charge in [0.2, 0.25) is 15.9 Å². The molecular weight excluding hydrogens is 370 g/mol. The van der Waals surface area contributed by atoms with Gasteiger partial charge in [0.05, 0.1) is 18.1 Å². The summed E-state index contributed by atoms with van der Waals surface area (Å²) in [6.45, 7) is 1.94. The summed E-state index contributed by atoms with van der Waals surface area (Å²) in [5.74, 6) is -3.14. The Hall–Kier alpha value is -1.62. The van der Waals surface area contributed by atoms with E-state index in [1.54, 1.807) is 4.90 Å². The number of carbonyl (C=O) groups excluding carboxylic acids is 1. The molecule has 2 fully saturated rings. The normalized spacial score (nSPS) is 19.8. The monoisotopic (exact) mass is 390 g/mol. The molecule has 0 aliphatic carbocycles. The molecule has 1 aromatic carbocycles. The second kappa shape index (κ2) is 7.55. The van der Waals surface area contributed by atoms with Crippen molar-refractivity contribution in [3.8, 4) is 0 Å². The number of amides is 1. The van der Waals surface area contributed by atoms with Gasteiger partial charge in [-0.2, -0.15) is 0 Å². The number of nitrogens with zero attached hydrogens (tertiary/aromatic N) is 1. The number of sulfonamides is 1. The van der Waals surface area contributed by atoms with Gasteiger partial charge in [-0.15, -0.1) is 0 Å². The van der Waals surface area contributed by atoms with Gasteiger partial charge in [0, 0.05) is 38.9 Å². The molecule has 0 bridgehead atoms. The summed E-state index contributed by atoms with van der Waals surface area (Å²) >= 11 is 0. The number of ether oxygens (including phenoxy) is 2. The number of hydrogen-bond acceptors (Lipinski definition) is 5. The van der Waals surface area contributed by atoms with Crippen LogP contribution in [0.3, 0.4) is 0 Å². The molecule has 26 heavy (non-hydrogen) atoms. The summed E-state index contributed by atoms with van der Waals surface area (Å²) in [6.07, 6.45) is 1.14. The van der Waals surface area contributed by atoms with Crippen molar-refractivity contribution in [1.82, 2.24) is 9.62 Å². The Labute approximate surface area is 150 Å². The van der Waals surface area contributed by atoms with Crippen LogP contribution in [0, 0.1) is 11.6 Å². The summed E-state index contributed by atoms with van der Waals surface area (Å²) in [6, 6.07) is 2.31. The molecule has 0 saturated carbocycles. The standard InChI is InChI=1S/C16H20F2N2O5S/c17-13-2-1-12(11-14(13)18)26(22,23)19-6-3-15(21)20-7-4-16(5-8-20)24-9-10-25-16/h1-2,11,19H,3-10H2. The lowest BCUT2D eigenvalue weighted by Gasteiger charge is -2.37. The smallest absolute Gasteiger partial charge is 0.240 e. The Morgan fingerprint density at radius 3 is 2.42 bits per heavy atom. The lowest BCUT2D eigenvalue weighted by molar-refractivity contribution is -0.187. The molecule has 2 aliphatic heterocycles. The molecule has 1 N–H and O–H groups in total. The van der Waals surface area contributed by atoms with Gasteiger partial charge in [-0.3, -0.25) is 4.79 Å². The fourth-order valence-electron chi connectivity index (χ4n) is 3.06. The van der Waals surface area contributed by atoms with Gasteiger partial charge in [-0.05, 0) is 18.2 Å². The third-order valence-corrected chi connectivity index (χ3v) is 5.98. The van der Waals surface area contributed by atoms with Crippen molar-refractivity contribution in [2.45, 2.75) is 29.9 Å². The van der Waals surface area contributed by atoms with Crippen LogP contribution in [-0.4, -0.2) is 57.9 Å². The minimum Gasteiger partial charge on any atom is -0.347 e. The quantitative estimate of drug-likeness (QED) is 0.811. The van der Waals surface area contributed by atoms with Crippen LogP contribution < -0.4 is 4.72 Å². The van der Waals surface area contributed by atoms with Crippen molar-refractivity contribution in [2.75, 3.05) is 32.8 Å². The fourth-order valence-corrected chi connectivity index (χ4v) is 4.10. The van der Waals surface area contributed by atoms with E-state index in [1.807, 2.05) is 0 Å². The van der Waals surface area contributed by atoms with Gasteiger partial charge < -0.3 is 14.4 Å². The molecule has 10 heteroatoms. The number of piperidine rings is 1. The van der Waals surface area contributed by atoms with Gasteiger partial charge in [0.25, 0.3) is 0 Å². The van der Waals surface area contributed by atoms with Crippen molar-refractivity contribution >= 4 is 15.9 Å². The number of benzene rings is 1. The molecule has 2 heterocycles. The predicted molar refractivity (Wildman–Crippen MR) is 86.6 cm³/mol. The number of carbonyl (C=O) groups is 1. The maximum Gasteiger partial charge on any atom is 0.240 e. The number of hydrogen-bond donors (Lipinski definition) is 1. The zero-order valence-electron chi connectivity index (χ0n) is 14.0. The molecule has 3 rings (SSSR count). The number of rotatable bonds is 5. The fraction of sp³-hybridized carbons (Fsp3) is 0.562. The largest absolute Gasteiger partial charge is 0.347 e. The minimum absolute atomic E-state index is 0.0301. The van der Waals surface area contributed by atoms with Gasteiger partial charge in [0.1, 0.15) is 0 Å². The summed E-state index contributed by atoms with van der Waals surface area (Å²) in [7, 11) is -4.01. The Bertz CT molecular complexity index is 771. The Morgan fingerprint density at radius 1 is 1.15 bits per heavy atom. The molecule has 2 aliphatic rings. The van der Waals surface area contributed by atoms with Crippen LogP contribution in [0.2, 0.25) is 0 Å². The summed E-state index contributed by atoms with van der Waals surface area (Å²) in [5, 5.41) is 0. The molecule has 144 valence electrons. The SMILES string of the molecule is O=C(CCNS(=O)(=O)c1ccc(F)c(F)c1)N1CCC2(CC1)OCCO2.